The molecule has 1 amide bonds. The molecule has 0 unspecified atom stereocenters. The minimum absolute atomic E-state index is 0.204. The van der Waals surface area contributed by atoms with Crippen LogP contribution in [0.25, 0.3) is 0 Å². The fraction of sp³-hybridized carbons (Fsp3) is 0.273. The molecule has 0 fully saturated rings. The highest BCUT2D eigenvalue weighted by atomic mass is 19.4. The van der Waals surface area contributed by atoms with Crippen LogP contribution in [0.3, 0.4) is 0 Å². The molecule has 4 N–H and O–H groups in total. The summed E-state index contributed by atoms with van der Waals surface area (Å²) in [5.74, 6) is -2.29. The third-order valence-corrected chi connectivity index (χ3v) is 2.14. The second kappa shape index (κ2) is 6.24. The van der Waals surface area contributed by atoms with Gasteiger partial charge in [0.05, 0.1) is 5.69 Å². The Morgan fingerprint density at radius 3 is 2.50 bits per heavy atom. The van der Waals surface area contributed by atoms with E-state index in [2.05, 4.69) is 5.32 Å². The van der Waals surface area contributed by atoms with Gasteiger partial charge in [0.1, 0.15) is 18.4 Å². The maximum Gasteiger partial charge on any atom is 0.490 e. The van der Waals surface area contributed by atoms with Crippen molar-refractivity contribution >= 4 is 17.6 Å². The lowest BCUT2D eigenvalue weighted by molar-refractivity contribution is -0.192. The number of carbonyl (C=O) groups excluding carboxylic acids is 1. The summed E-state index contributed by atoms with van der Waals surface area (Å²) in [4.78, 5) is 20.2. The Morgan fingerprint density at radius 2 is 1.95 bits per heavy atom. The molecular formula is C11H11F3N2O4. The summed E-state index contributed by atoms with van der Waals surface area (Å²) < 4.78 is 37.1. The molecule has 1 aromatic rings. The number of halogens is 3. The zero-order chi connectivity index (χ0) is 15.3. The number of nitrogens with two attached hydrogens (primary N) is 1. The first kappa shape index (κ1) is 15.8. The van der Waals surface area contributed by atoms with E-state index in [-0.39, 0.29) is 12.5 Å². The van der Waals surface area contributed by atoms with Crippen LogP contribution < -0.4 is 15.8 Å². The first-order valence-electron chi connectivity index (χ1n) is 5.30. The van der Waals surface area contributed by atoms with Gasteiger partial charge in [-0.1, -0.05) is 12.1 Å². The summed E-state index contributed by atoms with van der Waals surface area (Å²) >= 11 is 0. The number of hydrogen-bond acceptors (Lipinski definition) is 4. The van der Waals surface area contributed by atoms with Gasteiger partial charge in [-0.3, -0.25) is 4.79 Å². The molecule has 0 radical (unpaired) electrons. The number of anilines is 1. The van der Waals surface area contributed by atoms with Crippen LogP contribution in [0.15, 0.2) is 24.3 Å². The largest absolute Gasteiger partial charge is 0.490 e. The minimum Gasteiger partial charge on any atom is -0.489 e. The molecule has 20 heavy (non-hydrogen) atoms. The van der Waals surface area contributed by atoms with Crippen molar-refractivity contribution in [3.63, 3.8) is 0 Å². The number of fused-ring (bicyclic) bond motifs is 1. The number of benzene rings is 1. The number of ether oxygens (including phenoxy) is 1. The predicted molar refractivity (Wildman–Crippen MR) is 62.2 cm³/mol. The molecule has 0 aliphatic carbocycles. The fourth-order valence-corrected chi connectivity index (χ4v) is 1.18. The lowest BCUT2D eigenvalue weighted by Crippen LogP contribution is -2.38. The number of amides is 1. The van der Waals surface area contributed by atoms with Crippen molar-refractivity contribution < 1.29 is 32.6 Å². The lowest BCUT2D eigenvalue weighted by Gasteiger charge is -2.04. The van der Waals surface area contributed by atoms with Crippen molar-refractivity contribution in [1.29, 1.82) is 0 Å². The average Bonchev–Trinajstić information content (AvgIpc) is 2.49. The Kier molecular flexibility index (Phi) is 4.92. The fourth-order valence-electron chi connectivity index (χ4n) is 1.18. The van der Waals surface area contributed by atoms with Crippen molar-refractivity contribution in [2.45, 2.75) is 12.2 Å². The second-order valence-corrected chi connectivity index (χ2v) is 3.71. The van der Waals surface area contributed by atoms with Crippen LogP contribution in [0, 0.1) is 0 Å². The van der Waals surface area contributed by atoms with E-state index in [0.717, 1.165) is 0 Å². The van der Waals surface area contributed by atoms with Crippen LogP contribution in [0.5, 0.6) is 5.75 Å². The number of hydrogen-bond donors (Lipinski definition) is 3. The summed E-state index contributed by atoms with van der Waals surface area (Å²) in [5.41, 5.74) is 6.20. The molecule has 9 heteroatoms. The molecule has 0 aromatic heterocycles. The number of carbonyl (C=O) groups is 2. The minimum atomic E-state index is -5.08. The Bertz CT molecular complexity index is 505. The number of rotatable bonds is 0. The van der Waals surface area contributed by atoms with Crippen molar-refractivity contribution in [2.24, 2.45) is 5.73 Å². The average molecular weight is 292 g/mol. The lowest BCUT2D eigenvalue weighted by atomic mass is 10.3. The summed E-state index contributed by atoms with van der Waals surface area (Å²) in [6, 6.07) is 6.67. The molecule has 1 aromatic carbocycles. The molecule has 1 heterocycles. The predicted octanol–water partition coefficient (Wildman–Crippen LogP) is 0.978. The topological polar surface area (TPSA) is 102 Å². The maximum atomic E-state index is 11.3. The Morgan fingerprint density at radius 1 is 1.40 bits per heavy atom. The zero-order valence-electron chi connectivity index (χ0n) is 9.98. The van der Waals surface area contributed by atoms with Crippen molar-refractivity contribution in [3.8, 4) is 5.75 Å². The first-order valence-corrected chi connectivity index (χ1v) is 5.30. The van der Waals surface area contributed by atoms with Gasteiger partial charge in [0.2, 0.25) is 5.91 Å². The van der Waals surface area contributed by atoms with Crippen LogP contribution in [-0.2, 0) is 9.59 Å². The number of carboxylic acids is 1. The van der Waals surface area contributed by atoms with Gasteiger partial charge >= 0.3 is 12.1 Å². The van der Waals surface area contributed by atoms with E-state index in [0.29, 0.717) is 11.4 Å². The smallest absolute Gasteiger partial charge is 0.489 e. The number of alkyl halides is 3. The van der Waals surface area contributed by atoms with E-state index in [1.165, 1.54) is 0 Å². The number of nitrogens with one attached hydrogen (secondary N) is 1. The second-order valence-electron chi connectivity index (χ2n) is 3.71. The third kappa shape index (κ3) is 4.43. The van der Waals surface area contributed by atoms with E-state index in [1.807, 2.05) is 12.1 Å². The Balaban J connectivity index is 0.000000246. The van der Waals surface area contributed by atoms with Crippen LogP contribution in [0.1, 0.15) is 0 Å². The van der Waals surface area contributed by atoms with Crippen molar-refractivity contribution in [1.82, 2.24) is 0 Å². The van der Waals surface area contributed by atoms with Crippen LogP contribution >= 0.6 is 0 Å². The van der Waals surface area contributed by atoms with E-state index >= 15 is 0 Å². The number of aliphatic carboxylic acids is 1. The molecule has 0 saturated heterocycles. The first-order chi connectivity index (χ1) is 9.21. The number of para-hydroxylation sites is 2. The summed E-state index contributed by atoms with van der Waals surface area (Å²) in [6.07, 6.45) is -5.08. The highest BCUT2D eigenvalue weighted by molar-refractivity contribution is 5.96. The molecule has 110 valence electrons. The van der Waals surface area contributed by atoms with E-state index in [4.69, 9.17) is 20.4 Å². The third-order valence-electron chi connectivity index (χ3n) is 2.14. The Labute approximate surface area is 111 Å². The molecule has 0 spiro atoms. The van der Waals surface area contributed by atoms with E-state index in [9.17, 15) is 18.0 Å². The highest BCUT2D eigenvalue weighted by Gasteiger charge is 2.38. The molecular weight excluding hydrogens is 281 g/mol. The normalized spacial score (nSPS) is 17.6. The molecule has 1 aliphatic heterocycles. The molecule has 1 atom stereocenters. The van der Waals surface area contributed by atoms with Crippen molar-refractivity contribution in [3.05, 3.63) is 24.3 Å². The molecule has 1 aliphatic rings. The van der Waals surface area contributed by atoms with Gasteiger partial charge in [0, 0.05) is 0 Å². The SMILES string of the molecule is N[C@H]1COc2ccccc2NC1=O.O=C(O)C(F)(F)F. The molecule has 2 rings (SSSR count). The Hall–Kier alpha value is -2.29. The maximum absolute atomic E-state index is 11.3. The monoisotopic (exact) mass is 292 g/mol. The highest BCUT2D eigenvalue weighted by Crippen LogP contribution is 2.25. The summed E-state index contributed by atoms with van der Waals surface area (Å²) in [5, 5.41) is 9.81. The van der Waals surface area contributed by atoms with Crippen LogP contribution in [0.2, 0.25) is 0 Å². The van der Waals surface area contributed by atoms with Gasteiger partial charge < -0.3 is 20.9 Å². The number of carboxylic acid groups (broad SMARTS) is 1. The van der Waals surface area contributed by atoms with Crippen LogP contribution in [0.4, 0.5) is 18.9 Å². The van der Waals surface area contributed by atoms with E-state index < -0.39 is 18.2 Å². The van der Waals surface area contributed by atoms with Gasteiger partial charge in [-0.2, -0.15) is 13.2 Å². The van der Waals surface area contributed by atoms with Crippen molar-refractivity contribution in [2.75, 3.05) is 11.9 Å². The zero-order valence-corrected chi connectivity index (χ0v) is 9.98. The van der Waals surface area contributed by atoms with Gasteiger partial charge in [-0.05, 0) is 12.1 Å². The van der Waals surface area contributed by atoms with E-state index in [1.54, 1.807) is 12.1 Å². The summed E-state index contributed by atoms with van der Waals surface area (Å²) in [7, 11) is 0. The molecule has 0 saturated carbocycles. The van der Waals surface area contributed by atoms with Gasteiger partial charge in [-0.25, -0.2) is 4.79 Å². The summed E-state index contributed by atoms with van der Waals surface area (Å²) in [6.45, 7) is 0.225. The van der Waals surface area contributed by atoms with Crippen LogP contribution in [-0.4, -0.2) is 35.8 Å². The standard InChI is InChI=1S/C9H10N2O2.C2HF3O2/c10-6-5-13-8-4-2-1-3-7(8)11-9(6)12;3-2(4,5)1(6)7/h1-4,6H,5,10H2,(H,11,12);(H,6,7)/t6-;/m0./s1. The molecule has 0 bridgehead atoms. The van der Waals surface area contributed by atoms with Gasteiger partial charge in [0.25, 0.3) is 0 Å². The van der Waals surface area contributed by atoms with Gasteiger partial charge in [-0.15, -0.1) is 0 Å². The quantitative estimate of drug-likeness (QED) is 0.661. The molecule has 6 nitrogen and oxygen atoms in total. The van der Waals surface area contributed by atoms with Gasteiger partial charge in [0.15, 0.2) is 0 Å².